The highest BCUT2D eigenvalue weighted by Gasteiger charge is 2.41. The summed E-state index contributed by atoms with van der Waals surface area (Å²) >= 11 is 0. The first-order chi connectivity index (χ1) is 10.6. The van der Waals surface area contributed by atoms with E-state index in [0.717, 1.165) is 11.1 Å². The first kappa shape index (κ1) is 14.7. The van der Waals surface area contributed by atoms with Crippen molar-refractivity contribution >= 4 is 0 Å². The molecule has 0 unspecified atom stereocenters. The van der Waals surface area contributed by atoms with E-state index in [1.54, 1.807) is 12.1 Å². The molecule has 0 amide bonds. The van der Waals surface area contributed by atoms with Crippen molar-refractivity contribution in [3.8, 4) is 0 Å². The second kappa shape index (κ2) is 6.23. The maximum absolute atomic E-state index is 13.0. The lowest BCUT2D eigenvalue weighted by Crippen LogP contribution is -2.28. The summed E-state index contributed by atoms with van der Waals surface area (Å²) in [6.45, 7) is 1.74. The Kier molecular flexibility index (Phi) is 4.15. The molecule has 0 radical (unpaired) electrons. The van der Waals surface area contributed by atoms with Crippen LogP contribution in [0.2, 0.25) is 0 Å². The van der Waals surface area contributed by atoms with Gasteiger partial charge in [-0.25, -0.2) is 4.39 Å². The van der Waals surface area contributed by atoms with Crippen LogP contribution < -0.4 is 0 Å². The van der Waals surface area contributed by atoms with Crippen molar-refractivity contribution in [1.82, 2.24) is 4.90 Å². The lowest BCUT2D eigenvalue weighted by atomic mass is 9.95. The van der Waals surface area contributed by atoms with Gasteiger partial charge in [0.25, 0.3) is 0 Å². The highest BCUT2D eigenvalue weighted by Crippen LogP contribution is 2.30. The van der Waals surface area contributed by atoms with Crippen molar-refractivity contribution in [3.05, 3.63) is 81.7 Å². The molecule has 0 aromatic heterocycles. The molecular weight excluding hydrogens is 283 g/mol. The number of nitro groups is 1. The summed E-state index contributed by atoms with van der Waals surface area (Å²) in [5.74, 6) is -0.514. The van der Waals surface area contributed by atoms with Gasteiger partial charge in [-0.1, -0.05) is 42.5 Å². The molecule has 1 heterocycles. The molecule has 22 heavy (non-hydrogen) atoms. The summed E-state index contributed by atoms with van der Waals surface area (Å²) in [4.78, 5) is 13.2. The third kappa shape index (κ3) is 3.14. The molecule has 1 aliphatic rings. The predicted molar refractivity (Wildman–Crippen MR) is 81.6 cm³/mol. The number of hydrogen-bond acceptors (Lipinski definition) is 3. The molecule has 1 fully saturated rings. The first-order valence-corrected chi connectivity index (χ1v) is 7.29. The molecule has 0 bridgehead atoms. The highest BCUT2D eigenvalue weighted by atomic mass is 19.1. The molecule has 1 aliphatic heterocycles. The molecule has 3 rings (SSSR count). The molecule has 5 heteroatoms. The van der Waals surface area contributed by atoms with Crippen LogP contribution in [0.1, 0.15) is 17.0 Å². The fourth-order valence-corrected chi connectivity index (χ4v) is 3.09. The van der Waals surface area contributed by atoms with Crippen molar-refractivity contribution in [2.24, 2.45) is 0 Å². The highest BCUT2D eigenvalue weighted by molar-refractivity contribution is 5.24. The average Bonchev–Trinajstić information content (AvgIpc) is 2.93. The van der Waals surface area contributed by atoms with Gasteiger partial charge in [-0.3, -0.25) is 15.0 Å². The van der Waals surface area contributed by atoms with E-state index in [9.17, 15) is 14.5 Å². The predicted octanol–water partition coefficient (Wildman–Crippen LogP) is 3.07. The van der Waals surface area contributed by atoms with Gasteiger partial charge in [0.2, 0.25) is 6.04 Å². The SMILES string of the molecule is O=[N+]([O-])[C@H]1CN(Cc2ccccc2)C[C@@H]1c1ccc(F)cc1. The molecule has 2 aromatic carbocycles. The minimum atomic E-state index is -0.644. The minimum Gasteiger partial charge on any atom is -0.292 e. The van der Waals surface area contributed by atoms with E-state index in [2.05, 4.69) is 4.90 Å². The summed E-state index contributed by atoms with van der Waals surface area (Å²) < 4.78 is 13.0. The molecule has 0 aliphatic carbocycles. The number of nitrogens with zero attached hydrogens (tertiary/aromatic N) is 2. The Morgan fingerprint density at radius 3 is 2.41 bits per heavy atom. The lowest BCUT2D eigenvalue weighted by molar-refractivity contribution is -0.521. The molecule has 0 N–H and O–H groups in total. The number of halogens is 1. The molecule has 0 spiro atoms. The van der Waals surface area contributed by atoms with Crippen LogP contribution in [0.15, 0.2) is 54.6 Å². The minimum absolute atomic E-state index is 0.195. The maximum atomic E-state index is 13.0. The summed E-state index contributed by atoms with van der Waals surface area (Å²) in [7, 11) is 0. The standard InChI is InChI=1S/C17H17FN2O2/c18-15-8-6-14(7-9-15)16-11-19(12-17(16)20(21)22)10-13-4-2-1-3-5-13/h1-9,16-17H,10-12H2/t16-,17+/m1/s1. The molecule has 2 aromatic rings. The smallest absolute Gasteiger partial charge is 0.233 e. The average molecular weight is 300 g/mol. The Balaban J connectivity index is 1.77. The Hall–Kier alpha value is -2.27. The maximum Gasteiger partial charge on any atom is 0.233 e. The van der Waals surface area contributed by atoms with Crippen molar-refractivity contribution < 1.29 is 9.31 Å². The zero-order valence-electron chi connectivity index (χ0n) is 12.1. The number of hydrogen-bond donors (Lipinski definition) is 0. The van der Waals surface area contributed by atoms with E-state index < -0.39 is 6.04 Å². The first-order valence-electron chi connectivity index (χ1n) is 7.29. The van der Waals surface area contributed by atoms with Gasteiger partial charge in [-0.2, -0.15) is 0 Å². The second-order valence-electron chi connectivity index (χ2n) is 5.69. The fourth-order valence-electron chi connectivity index (χ4n) is 3.09. The van der Waals surface area contributed by atoms with Crippen LogP contribution in [-0.2, 0) is 6.54 Å². The van der Waals surface area contributed by atoms with Gasteiger partial charge in [-0.05, 0) is 23.3 Å². The van der Waals surface area contributed by atoms with Crippen LogP contribution in [-0.4, -0.2) is 29.0 Å². The third-order valence-corrected chi connectivity index (χ3v) is 4.18. The van der Waals surface area contributed by atoms with E-state index in [1.807, 2.05) is 30.3 Å². The Bertz CT molecular complexity index is 645. The van der Waals surface area contributed by atoms with E-state index in [-0.39, 0.29) is 16.7 Å². The Morgan fingerprint density at radius 1 is 1.09 bits per heavy atom. The zero-order valence-corrected chi connectivity index (χ0v) is 12.1. The molecular formula is C17H17FN2O2. The van der Waals surface area contributed by atoms with E-state index in [0.29, 0.717) is 19.6 Å². The van der Waals surface area contributed by atoms with Gasteiger partial charge in [0.1, 0.15) is 5.82 Å². The number of rotatable bonds is 4. The second-order valence-corrected chi connectivity index (χ2v) is 5.69. The van der Waals surface area contributed by atoms with Crippen molar-refractivity contribution in [1.29, 1.82) is 0 Å². The molecule has 114 valence electrons. The molecule has 2 atom stereocenters. The Labute approximate surface area is 128 Å². The van der Waals surface area contributed by atoms with Crippen LogP contribution in [0.25, 0.3) is 0 Å². The molecule has 4 nitrogen and oxygen atoms in total. The van der Waals surface area contributed by atoms with Crippen LogP contribution in [0.4, 0.5) is 4.39 Å². The van der Waals surface area contributed by atoms with Crippen LogP contribution >= 0.6 is 0 Å². The summed E-state index contributed by atoms with van der Waals surface area (Å²) in [6.07, 6.45) is 0. The van der Waals surface area contributed by atoms with Crippen molar-refractivity contribution in [3.63, 3.8) is 0 Å². The van der Waals surface area contributed by atoms with Crippen molar-refractivity contribution in [2.45, 2.75) is 18.5 Å². The van der Waals surface area contributed by atoms with Gasteiger partial charge < -0.3 is 0 Å². The fraction of sp³-hybridized carbons (Fsp3) is 0.294. The lowest BCUT2D eigenvalue weighted by Gasteiger charge is -2.15. The largest absolute Gasteiger partial charge is 0.292 e. The van der Waals surface area contributed by atoms with Gasteiger partial charge in [0, 0.05) is 18.0 Å². The van der Waals surface area contributed by atoms with Crippen molar-refractivity contribution in [2.75, 3.05) is 13.1 Å². The van der Waals surface area contributed by atoms with E-state index in [1.165, 1.54) is 12.1 Å². The monoisotopic (exact) mass is 300 g/mol. The summed E-state index contributed by atoms with van der Waals surface area (Å²) in [6, 6.07) is 15.3. The van der Waals surface area contributed by atoms with Crippen LogP contribution in [0.3, 0.4) is 0 Å². The molecule has 0 saturated carbocycles. The topological polar surface area (TPSA) is 46.4 Å². The number of likely N-dealkylation sites (tertiary alicyclic amines) is 1. The van der Waals surface area contributed by atoms with E-state index in [4.69, 9.17) is 0 Å². The quantitative estimate of drug-likeness (QED) is 0.644. The Morgan fingerprint density at radius 2 is 1.77 bits per heavy atom. The normalized spacial score (nSPS) is 21.9. The van der Waals surface area contributed by atoms with Gasteiger partial charge >= 0.3 is 0 Å². The summed E-state index contributed by atoms with van der Waals surface area (Å²) in [5, 5.41) is 11.4. The van der Waals surface area contributed by atoms with Crippen LogP contribution in [0, 0.1) is 15.9 Å². The van der Waals surface area contributed by atoms with Gasteiger partial charge in [0.15, 0.2) is 0 Å². The van der Waals surface area contributed by atoms with E-state index >= 15 is 0 Å². The third-order valence-electron chi connectivity index (χ3n) is 4.18. The van der Waals surface area contributed by atoms with Gasteiger partial charge in [0.05, 0.1) is 12.5 Å². The zero-order chi connectivity index (χ0) is 15.5. The number of benzene rings is 2. The van der Waals surface area contributed by atoms with Crippen LogP contribution in [0.5, 0.6) is 0 Å². The van der Waals surface area contributed by atoms with Gasteiger partial charge in [-0.15, -0.1) is 0 Å². The summed E-state index contributed by atoms with van der Waals surface area (Å²) in [5.41, 5.74) is 1.98. The molecule has 1 saturated heterocycles.